The van der Waals surface area contributed by atoms with Crippen molar-refractivity contribution < 1.29 is 0 Å². The lowest BCUT2D eigenvalue weighted by Gasteiger charge is -2.31. The SMILES string of the molecule is CCN(C)c1cc(NCC2CN(C)CCN2)ncn1. The normalized spacial score (nSPS) is 20.3. The average molecular weight is 264 g/mol. The van der Waals surface area contributed by atoms with Crippen molar-refractivity contribution in [2.24, 2.45) is 0 Å². The molecule has 6 heteroatoms. The first-order valence-corrected chi connectivity index (χ1v) is 6.88. The maximum atomic E-state index is 4.27. The second-order valence-electron chi connectivity index (χ2n) is 5.07. The van der Waals surface area contributed by atoms with Gasteiger partial charge >= 0.3 is 0 Å². The highest BCUT2D eigenvalue weighted by atomic mass is 15.2. The largest absolute Gasteiger partial charge is 0.368 e. The molecule has 0 bridgehead atoms. The third-order valence-corrected chi connectivity index (χ3v) is 3.51. The molecule has 1 aliphatic rings. The number of nitrogens with one attached hydrogen (secondary N) is 2. The minimum atomic E-state index is 0.473. The number of aromatic nitrogens is 2. The van der Waals surface area contributed by atoms with E-state index < -0.39 is 0 Å². The smallest absolute Gasteiger partial charge is 0.133 e. The van der Waals surface area contributed by atoms with Crippen molar-refractivity contribution in [2.75, 3.05) is 57.0 Å². The molecule has 0 aliphatic carbocycles. The van der Waals surface area contributed by atoms with E-state index in [1.54, 1.807) is 6.33 Å². The van der Waals surface area contributed by atoms with Crippen molar-refractivity contribution in [3.8, 4) is 0 Å². The van der Waals surface area contributed by atoms with E-state index in [1.165, 1.54) is 0 Å². The minimum Gasteiger partial charge on any atom is -0.368 e. The Balaban J connectivity index is 1.88. The fourth-order valence-electron chi connectivity index (χ4n) is 2.17. The van der Waals surface area contributed by atoms with Crippen LogP contribution in [-0.2, 0) is 0 Å². The monoisotopic (exact) mass is 264 g/mol. The first kappa shape index (κ1) is 14.0. The van der Waals surface area contributed by atoms with E-state index in [1.807, 2.05) is 13.1 Å². The molecule has 0 saturated carbocycles. The molecule has 1 aliphatic heterocycles. The van der Waals surface area contributed by atoms with Gasteiger partial charge in [0.1, 0.15) is 18.0 Å². The molecule has 1 atom stereocenters. The molecule has 1 aromatic heterocycles. The van der Waals surface area contributed by atoms with Crippen molar-refractivity contribution in [1.29, 1.82) is 0 Å². The molecule has 106 valence electrons. The first-order valence-electron chi connectivity index (χ1n) is 6.88. The molecule has 0 aromatic carbocycles. The van der Waals surface area contributed by atoms with E-state index >= 15 is 0 Å². The molecule has 6 nitrogen and oxygen atoms in total. The number of hydrogen-bond donors (Lipinski definition) is 2. The molecule has 1 saturated heterocycles. The van der Waals surface area contributed by atoms with Gasteiger partial charge in [-0.3, -0.25) is 0 Å². The highest BCUT2D eigenvalue weighted by Crippen LogP contribution is 2.12. The van der Waals surface area contributed by atoms with Crippen LogP contribution in [0.5, 0.6) is 0 Å². The number of piperazine rings is 1. The van der Waals surface area contributed by atoms with Crippen LogP contribution < -0.4 is 15.5 Å². The van der Waals surface area contributed by atoms with Gasteiger partial charge in [0.2, 0.25) is 0 Å². The fourth-order valence-corrected chi connectivity index (χ4v) is 2.17. The molecule has 0 spiro atoms. The topological polar surface area (TPSA) is 56.3 Å². The maximum absolute atomic E-state index is 4.27. The molecule has 0 amide bonds. The third kappa shape index (κ3) is 4.04. The van der Waals surface area contributed by atoms with Gasteiger partial charge in [-0.2, -0.15) is 0 Å². The number of rotatable bonds is 5. The van der Waals surface area contributed by atoms with Crippen LogP contribution in [0, 0.1) is 0 Å². The van der Waals surface area contributed by atoms with Crippen molar-refractivity contribution in [3.63, 3.8) is 0 Å². The summed E-state index contributed by atoms with van der Waals surface area (Å²) in [6.45, 7) is 7.17. The van der Waals surface area contributed by atoms with Crippen molar-refractivity contribution in [1.82, 2.24) is 20.2 Å². The van der Waals surface area contributed by atoms with Crippen LogP contribution in [0.25, 0.3) is 0 Å². The van der Waals surface area contributed by atoms with E-state index in [0.29, 0.717) is 6.04 Å². The Labute approximate surface area is 115 Å². The van der Waals surface area contributed by atoms with Gasteiger partial charge < -0.3 is 20.4 Å². The maximum Gasteiger partial charge on any atom is 0.133 e. The Bertz CT molecular complexity index is 396. The predicted octanol–water partition coefficient (Wildman–Crippen LogP) is 0.248. The van der Waals surface area contributed by atoms with E-state index in [-0.39, 0.29) is 0 Å². The molecule has 19 heavy (non-hydrogen) atoms. The molecule has 1 unspecified atom stereocenters. The lowest BCUT2D eigenvalue weighted by Crippen LogP contribution is -2.51. The zero-order valence-electron chi connectivity index (χ0n) is 12.1. The second-order valence-corrected chi connectivity index (χ2v) is 5.07. The van der Waals surface area contributed by atoms with Gasteiger partial charge in [0.15, 0.2) is 0 Å². The van der Waals surface area contributed by atoms with Crippen LogP contribution in [0.1, 0.15) is 6.92 Å². The van der Waals surface area contributed by atoms with E-state index in [4.69, 9.17) is 0 Å². The summed E-state index contributed by atoms with van der Waals surface area (Å²) in [6.07, 6.45) is 1.62. The summed E-state index contributed by atoms with van der Waals surface area (Å²) in [5.74, 6) is 1.84. The first-order chi connectivity index (χ1) is 9.19. The van der Waals surface area contributed by atoms with Crippen LogP contribution in [0.2, 0.25) is 0 Å². The van der Waals surface area contributed by atoms with Gasteiger partial charge in [-0.05, 0) is 14.0 Å². The highest BCUT2D eigenvalue weighted by Gasteiger charge is 2.16. The summed E-state index contributed by atoms with van der Waals surface area (Å²) in [5, 5.41) is 6.90. The Hall–Kier alpha value is -1.40. The van der Waals surface area contributed by atoms with Crippen LogP contribution in [-0.4, -0.2) is 67.7 Å². The van der Waals surface area contributed by atoms with Crippen LogP contribution >= 0.6 is 0 Å². The molecular formula is C13H24N6. The molecule has 2 rings (SSSR count). The van der Waals surface area contributed by atoms with Crippen molar-refractivity contribution in [2.45, 2.75) is 13.0 Å². The summed E-state index contributed by atoms with van der Waals surface area (Å²) in [6, 6.07) is 2.47. The fraction of sp³-hybridized carbons (Fsp3) is 0.692. The zero-order valence-corrected chi connectivity index (χ0v) is 12.1. The predicted molar refractivity (Wildman–Crippen MR) is 78.8 cm³/mol. The average Bonchev–Trinajstić information content (AvgIpc) is 2.45. The number of nitrogens with zero attached hydrogens (tertiary/aromatic N) is 4. The lowest BCUT2D eigenvalue weighted by atomic mass is 10.2. The summed E-state index contributed by atoms with van der Waals surface area (Å²) in [4.78, 5) is 13.0. The zero-order chi connectivity index (χ0) is 13.7. The summed E-state index contributed by atoms with van der Waals surface area (Å²) >= 11 is 0. The van der Waals surface area contributed by atoms with Gasteiger partial charge in [0.25, 0.3) is 0 Å². The summed E-state index contributed by atoms with van der Waals surface area (Å²) in [5.41, 5.74) is 0. The van der Waals surface area contributed by atoms with Gasteiger partial charge in [-0.15, -0.1) is 0 Å². The molecule has 2 N–H and O–H groups in total. The number of anilines is 2. The Morgan fingerprint density at radius 1 is 1.53 bits per heavy atom. The number of likely N-dealkylation sites (N-methyl/N-ethyl adjacent to an activating group) is 1. The van der Waals surface area contributed by atoms with Crippen LogP contribution in [0.3, 0.4) is 0 Å². The Morgan fingerprint density at radius 2 is 2.37 bits per heavy atom. The summed E-state index contributed by atoms with van der Waals surface area (Å²) < 4.78 is 0. The highest BCUT2D eigenvalue weighted by molar-refractivity contribution is 5.47. The lowest BCUT2D eigenvalue weighted by molar-refractivity contribution is 0.244. The third-order valence-electron chi connectivity index (χ3n) is 3.51. The van der Waals surface area contributed by atoms with E-state index in [0.717, 1.165) is 44.4 Å². The van der Waals surface area contributed by atoms with E-state index in [2.05, 4.69) is 44.4 Å². The van der Waals surface area contributed by atoms with Crippen LogP contribution in [0.4, 0.5) is 11.6 Å². The number of hydrogen-bond acceptors (Lipinski definition) is 6. The molecule has 2 heterocycles. The van der Waals surface area contributed by atoms with Crippen molar-refractivity contribution in [3.05, 3.63) is 12.4 Å². The Morgan fingerprint density at radius 3 is 3.11 bits per heavy atom. The van der Waals surface area contributed by atoms with Gasteiger partial charge in [0.05, 0.1) is 0 Å². The molecular weight excluding hydrogens is 240 g/mol. The quantitative estimate of drug-likeness (QED) is 0.795. The van der Waals surface area contributed by atoms with Gasteiger partial charge in [0, 0.05) is 51.9 Å². The minimum absolute atomic E-state index is 0.473. The molecule has 1 aromatic rings. The summed E-state index contributed by atoms with van der Waals surface area (Å²) in [7, 11) is 4.19. The van der Waals surface area contributed by atoms with Crippen molar-refractivity contribution >= 4 is 11.6 Å². The standard InChI is InChI=1S/C13H24N6/c1-4-19(3)13-7-12(16-10-17-13)15-8-11-9-18(2)6-5-14-11/h7,10-11,14H,4-6,8-9H2,1-3H3,(H,15,16,17). The van der Waals surface area contributed by atoms with E-state index in [9.17, 15) is 0 Å². The molecule has 0 radical (unpaired) electrons. The van der Waals surface area contributed by atoms with Gasteiger partial charge in [-0.1, -0.05) is 0 Å². The van der Waals surface area contributed by atoms with Gasteiger partial charge in [-0.25, -0.2) is 9.97 Å². The Kier molecular flexibility index (Phi) is 4.93. The second kappa shape index (κ2) is 6.68. The molecule has 1 fully saturated rings. The van der Waals surface area contributed by atoms with Crippen LogP contribution in [0.15, 0.2) is 12.4 Å².